The lowest BCUT2D eigenvalue weighted by Crippen LogP contribution is -2.30. The molecule has 0 bridgehead atoms. The molecule has 0 unspecified atom stereocenters. The van der Waals surface area contributed by atoms with Gasteiger partial charge >= 0.3 is 0 Å². The zero-order valence-corrected chi connectivity index (χ0v) is 12.4. The van der Waals surface area contributed by atoms with Gasteiger partial charge in [-0.15, -0.1) is 0 Å². The molecule has 0 spiro atoms. The van der Waals surface area contributed by atoms with Gasteiger partial charge in [0.25, 0.3) is 0 Å². The summed E-state index contributed by atoms with van der Waals surface area (Å²) < 4.78 is 49.8. The summed E-state index contributed by atoms with van der Waals surface area (Å²) in [6.45, 7) is 0.559. The van der Waals surface area contributed by atoms with Gasteiger partial charge in [0.15, 0.2) is 0 Å². The smallest absolute Gasteiger partial charge is 0.232 e. The lowest BCUT2D eigenvalue weighted by Gasteiger charge is -2.24. The summed E-state index contributed by atoms with van der Waals surface area (Å²) in [6.07, 6.45) is 2.70. The SMILES string of the molecule is CS(=O)(=O)N1CCCN(S(C)(=O)=O)c2ccccc21. The molecule has 1 heterocycles. The summed E-state index contributed by atoms with van der Waals surface area (Å²) in [7, 11) is -6.84. The lowest BCUT2D eigenvalue weighted by molar-refractivity contribution is 0.595. The highest BCUT2D eigenvalue weighted by Crippen LogP contribution is 2.34. The molecule has 0 aliphatic carbocycles. The lowest BCUT2D eigenvalue weighted by atomic mass is 10.2. The minimum Gasteiger partial charge on any atom is -0.268 e. The van der Waals surface area contributed by atoms with Gasteiger partial charge in [-0.25, -0.2) is 16.8 Å². The average Bonchev–Trinajstić information content (AvgIpc) is 2.46. The first-order valence-electron chi connectivity index (χ1n) is 5.76. The Morgan fingerprint density at radius 2 is 1.21 bits per heavy atom. The van der Waals surface area contributed by atoms with Crippen LogP contribution in [-0.2, 0) is 20.0 Å². The topological polar surface area (TPSA) is 74.8 Å². The fourth-order valence-corrected chi connectivity index (χ4v) is 4.12. The van der Waals surface area contributed by atoms with Crippen molar-refractivity contribution in [2.75, 3.05) is 34.2 Å². The van der Waals surface area contributed by atoms with Crippen molar-refractivity contribution in [3.05, 3.63) is 24.3 Å². The van der Waals surface area contributed by atoms with Gasteiger partial charge in [0.2, 0.25) is 20.0 Å². The van der Waals surface area contributed by atoms with Crippen molar-refractivity contribution in [3.63, 3.8) is 0 Å². The number of fused-ring (bicyclic) bond motifs is 1. The van der Waals surface area contributed by atoms with E-state index in [0.29, 0.717) is 17.8 Å². The number of rotatable bonds is 2. The minimum atomic E-state index is -3.42. The molecule has 0 fully saturated rings. The van der Waals surface area contributed by atoms with Crippen molar-refractivity contribution in [1.29, 1.82) is 0 Å². The summed E-state index contributed by atoms with van der Waals surface area (Å²) in [4.78, 5) is 0. The van der Waals surface area contributed by atoms with E-state index in [4.69, 9.17) is 0 Å². The number of hydrogen-bond acceptors (Lipinski definition) is 4. The Morgan fingerprint density at radius 1 is 0.842 bits per heavy atom. The van der Waals surface area contributed by atoms with Crippen LogP contribution < -0.4 is 8.61 Å². The third-order valence-corrected chi connectivity index (χ3v) is 5.30. The zero-order chi connectivity index (χ0) is 14.3. The molecule has 0 N–H and O–H groups in total. The molecule has 6 nitrogen and oxygen atoms in total. The molecule has 1 aromatic rings. The van der Waals surface area contributed by atoms with Gasteiger partial charge in [-0.05, 0) is 18.6 Å². The minimum absolute atomic E-state index is 0.280. The second-order valence-electron chi connectivity index (χ2n) is 4.51. The van der Waals surface area contributed by atoms with Crippen molar-refractivity contribution >= 4 is 31.4 Å². The average molecular weight is 304 g/mol. The predicted molar refractivity (Wildman–Crippen MR) is 75.4 cm³/mol. The molecule has 0 saturated heterocycles. The van der Waals surface area contributed by atoms with Crippen LogP contribution in [0.5, 0.6) is 0 Å². The van der Waals surface area contributed by atoms with E-state index in [-0.39, 0.29) is 13.1 Å². The molecule has 0 saturated carbocycles. The van der Waals surface area contributed by atoms with Gasteiger partial charge in [-0.3, -0.25) is 8.61 Å². The van der Waals surface area contributed by atoms with Gasteiger partial charge < -0.3 is 0 Å². The maximum Gasteiger partial charge on any atom is 0.232 e. The van der Waals surface area contributed by atoms with Gasteiger partial charge in [0.05, 0.1) is 23.9 Å². The molecule has 1 aliphatic heterocycles. The van der Waals surface area contributed by atoms with Crippen LogP contribution in [0, 0.1) is 0 Å². The monoisotopic (exact) mass is 304 g/mol. The highest BCUT2D eigenvalue weighted by Gasteiger charge is 2.29. The Labute approximate surface area is 113 Å². The predicted octanol–water partition coefficient (Wildman–Crippen LogP) is 0.622. The van der Waals surface area contributed by atoms with E-state index in [9.17, 15) is 16.8 Å². The molecule has 0 radical (unpaired) electrons. The van der Waals surface area contributed by atoms with Crippen LogP contribution in [0.25, 0.3) is 0 Å². The van der Waals surface area contributed by atoms with Gasteiger partial charge in [0.1, 0.15) is 0 Å². The van der Waals surface area contributed by atoms with E-state index in [2.05, 4.69) is 0 Å². The number of benzene rings is 1. The van der Waals surface area contributed by atoms with Crippen LogP contribution in [0.15, 0.2) is 24.3 Å². The number of hydrogen-bond donors (Lipinski definition) is 0. The first kappa shape index (κ1) is 14.1. The van der Waals surface area contributed by atoms with E-state index in [1.807, 2.05) is 0 Å². The van der Waals surface area contributed by atoms with Gasteiger partial charge in [-0.1, -0.05) is 12.1 Å². The molecule has 0 aromatic heterocycles. The number of sulfonamides is 2. The van der Waals surface area contributed by atoms with E-state index in [1.165, 1.54) is 8.61 Å². The fraction of sp³-hybridized carbons (Fsp3) is 0.455. The van der Waals surface area contributed by atoms with Crippen LogP contribution >= 0.6 is 0 Å². The van der Waals surface area contributed by atoms with E-state index >= 15 is 0 Å². The maximum atomic E-state index is 11.8. The Balaban J connectivity index is 2.65. The van der Waals surface area contributed by atoms with Crippen LogP contribution in [0.2, 0.25) is 0 Å². The van der Waals surface area contributed by atoms with Crippen molar-refractivity contribution in [3.8, 4) is 0 Å². The Kier molecular flexibility index (Phi) is 3.48. The first-order chi connectivity index (χ1) is 8.71. The van der Waals surface area contributed by atoms with E-state index < -0.39 is 20.0 Å². The van der Waals surface area contributed by atoms with Crippen molar-refractivity contribution < 1.29 is 16.8 Å². The fourth-order valence-electron chi connectivity index (χ4n) is 2.17. The second-order valence-corrected chi connectivity index (χ2v) is 8.33. The maximum absolute atomic E-state index is 11.8. The highest BCUT2D eigenvalue weighted by atomic mass is 32.2. The third kappa shape index (κ3) is 2.84. The first-order valence-corrected chi connectivity index (χ1v) is 9.45. The van der Waals surface area contributed by atoms with Crippen LogP contribution in [0.1, 0.15) is 6.42 Å². The Hall–Kier alpha value is -1.28. The zero-order valence-electron chi connectivity index (χ0n) is 10.8. The molecular formula is C11H16N2O4S2. The Bertz CT molecular complexity index is 623. The molecule has 8 heteroatoms. The quantitative estimate of drug-likeness (QED) is 0.803. The second kappa shape index (κ2) is 4.68. The molecule has 106 valence electrons. The molecule has 1 aliphatic rings. The molecule has 19 heavy (non-hydrogen) atoms. The molecule has 0 atom stereocenters. The van der Waals surface area contributed by atoms with Gasteiger partial charge in [-0.2, -0.15) is 0 Å². The number of anilines is 2. The van der Waals surface area contributed by atoms with Crippen LogP contribution in [0.3, 0.4) is 0 Å². The van der Waals surface area contributed by atoms with Crippen LogP contribution in [-0.4, -0.2) is 42.4 Å². The summed E-state index contributed by atoms with van der Waals surface area (Å²) in [6, 6.07) is 6.64. The normalized spacial score (nSPS) is 16.9. The summed E-state index contributed by atoms with van der Waals surface area (Å²) in [5.74, 6) is 0. The Morgan fingerprint density at radius 3 is 1.53 bits per heavy atom. The molecule has 0 amide bonds. The van der Waals surface area contributed by atoms with Crippen molar-refractivity contribution in [2.45, 2.75) is 6.42 Å². The number of para-hydroxylation sites is 2. The van der Waals surface area contributed by atoms with Crippen molar-refractivity contribution in [2.24, 2.45) is 0 Å². The van der Waals surface area contributed by atoms with E-state index in [0.717, 1.165) is 12.5 Å². The standard InChI is InChI=1S/C11H16N2O4S2/c1-18(14,15)12-8-5-9-13(19(2,16)17)11-7-4-3-6-10(11)12/h3-4,6-7H,5,8-9H2,1-2H3. The van der Waals surface area contributed by atoms with Crippen LogP contribution in [0.4, 0.5) is 11.4 Å². The summed E-state index contributed by atoms with van der Waals surface area (Å²) in [5, 5.41) is 0. The van der Waals surface area contributed by atoms with E-state index in [1.54, 1.807) is 24.3 Å². The molecular weight excluding hydrogens is 288 g/mol. The molecule has 1 aromatic carbocycles. The summed E-state index contributed by atoms with van der Waals surface area (Å²) >= 11 is 0. The number of nitrogens with zero attached hydrogens (tertiary/aromatic N) is 2. The highest BCUT2D eigenvalue weighted by molar-refractivity contribution is 7.92. The summed E-state index contributed by atoms with van der Waals surface area (Å²) in [5.41, 5.74) is 0.820. The van der Waals surface area contributed by atoms with Crippen molar-refractivity contribution in [1.82, 2.24) is 0 Å². The largest absolute Gasteiger partial charge is 0.268 e. The molecule has 2 rings (SSSR count). The third-order valence-electron chi connectivity index (χ3n) is 2.94. The van der Waals surface area contributed by atoms with Gasteiger partial charge in [0, 0.05) is 13.1 Å².